The second-order valence-corrected chi connectivity index (χ2v) is 9.31. The van der Waals surface area contributed by atoms with Gasteiger partial charge < -0.3 is 15.0 Å². The average molecular weight is 458 g/mol. The van der Waals surface area contributed by atoms with Gasteiger partial charge in [0.1, 0.15) is 22.4 Å². The van der Waals surface area contributed by atoms with Gasteiger partial charge in [-0.05, 0) is 45.0 Å². The van der Waals surface area contributed by atoms with Crippen LogP contribution in [0.1, 0.15) is 17.2 Å². The van der Waals surface area contributed by atoms with Crippen molar-refractivity contribution in [3.8, 4) is 0 Å². The van der Waals surface area contributed by atoms with E-state index in [9.17, 15) is 8.42 Å². The average Bonchev–Trinajstić information content (AvgIpc) is 3.01. The minimum Gasteiger partial charge on any atom is -0.378 e. The molecule has 1 aromatic carbocycles. The minimum absolute atomic E-state index is 0.203. The minimum atomic E-state index is -3.74. The molecule has 1 aliphatic rings. The van der Waals surface area contributed by atoms with Gasteiger partial charge in [0.05, 0.1) is 24.6 Å². The zero-order valence-electron chi connectivity index (χ0n) is 18.6. The molecule has 170 valence electrons. The first kappa shape index (κ1) is 22.0. The van der Waals surface area contributed by atoms with Crippen molar-refractivity contribution in [3.05, 3.63) is 47.5 Å². The Morgan fingerprint density at radius 3 is 2.28 bits per heavy atom. The number of anilines is 4. The van der Waals surface area contributed by atoms with Crippen molar-refractivity contribution in [3.63, 3.8) is 0 Å². The number of sulfonamides is 1. The topological polar surface area (TPSA) is 114 Å². The van der Waals surface area contributed by atoms with E-state index in [4.69, 9.17) is 4.74 Å². The molecule has 0 amide bonds. The highest BCUT2D eigenvalue weighted by Crippen LogP contribution is 2.25. The lowest BCUT2D eigenvalue weighted by molar-refractivity contribution is 0.122. The zero-order valence-corrected chi connectivity index (χ0v) is 19.4. The van der Waals surface area contributed by atoms with E-state index in [2.05, 4.69) is 30.0 Å². The summed E-state index contributed by atoms with van der Waals surface area (Å²) in [6.45, 7) is 8.22. The summed E-state index contributed by atoms with van der Waals surface area (Å²) in [5.74, 6) is 2.20. The molecule has 0 aliphatic carbocycles. The van der Waals surface area contributed by atoms with Crippen molar-refractivity contribution in [2.45, 2.75) is 25.7 Å². The van der Waals surface area contributed by atoms with E-state index >= 15 is 0 Å². The van der Waals surface area contributed by atoms with Crippen molar-refractivity contribution in [2.24, 2.45) is 7.05 Å². The molecule has 0 spiro atoms. The van der Waals surface area contributed by atoms with Crippen LogP contribution in [0.5, 0.6) is 0 Å². The molecule has 3 heterocycles. The van der Waals surface area contributed by atoms with Crippen molar-refractivity contribution in [2.75, 3.05) is 41.2 Å². The summed E-state index contributed by atoms with van der Waals surface area (Å²) in [5, 5.41) is 7.46. The molecule has 11 heteroatoms. The predicted octanol–water partition coefficient (Wildman–Crippen LogP) is 2.52. The maximum absolute atomic E-state index is 12.8. The van der Waals surface area contributed by atoms with E-state index in [-0.39, 0.29) is 4.90 Å². The summed E-state index contributed by atoms with van der Waals surface area (Å²) >= 11 is 0. The smallest absolute Gasteiger partial charge is 0.265 e. The van der Waals surface area contributed by atoms with Crippen molar-refractivity contribution in [1.82, 2.24) is 19.7 Å². The summed E-state index contributed by atoms with van der Waals surface area (Å²) < 4.78 is 35.3. The first-order chi connectivity index (χ1) is 15.2. The number of nitrogens with one attached hydrogen (secondary N) is 2. The van der Waals surface area contributed by atoms with Crippen LogP contribution >= 0.6 is 0 Å². The predicted molar refractivity (Wildman–Crippen MR) is 123 cm³/mol. The number of morpholine rings is 1. The third-order valence-electron chi connectivity index (χ3n) is 5.28. The Balaban J connectivity index is 1.49. The Kier molecular flexibility index (Phi) is 6.02. The quantitative estimate of drug-likeness (QED) is 0.580. The van der Waals surface area contributed by atoms with E-state index in [0.717, 1.165) is 24.6 Å². The fourth-order valence-electron chi connectivity index (χ4n) is 3.69. The van der Waals surface area contributed by atoms with Gasteiger partial charge in [-0.15, -0.1) is 0 Å². The standard InChI is InChI=1S/C21H27N7O3S/c1-14-21(15(2)27(4)25-14)32(29,30)26-18-7-5-17(6-8-18)24-19-13-20(23-16(3)22-19)28-9-11-31-12-10-28/h5-8,13,26H,9-12H2,1-4H3,(H,22,23,24). The van der Waals surface area contributed by atoms with Crippen LogP contribution in [0.2, 0.25) is 0 Å². The van der Waals surface area contributed by atoms with Gasteiger partial charge in [-0.2, -0.15) is 5.10 Å². The van der Waals surface area contributed by atoms with Crippen LogP contribution in [0.4, 0.5) is 23.0 Å². The van der Waals surface area contributed by atoms with Crippen molar-refractivity contribution in [1.29, 1.82) is 0 Å². The first-order valence-electron chi connectivity index (χ1n) is 10.3. The summed E-state index contributed by atoms with van der Waals surface area (Å²) in [7, 11) is -2.02. The molecule has 0 atom stereocenters. The zero-order chi connectivity index (χ0) is 22.9. The number of hydrogen-bond donors (Lipinski definition) is 2. The highest BCUT2D eigenvalue weighted by molar-refractivity contribution is 7.92. The van der Waals surface area contributed by atoms with Gasteiger partial charge in [0.25, 0.3) is 10.0 Å². The van der Waals surface area contributed by atoms with Crippen molar-refractivity contribution < 1.29 is 13.2 Å². The molecular formula is C21H27N7O3S. The van der Waals surface area contributed by atoms with E-state index in [1.54, 1.807) is 49.8 Å². The van der Waals surface area contributed by atoms with Gasteiger partial charge in [0.15, 0.2) is 0 Å². The highest BCUT2D eigenvalue weighted by atomic mass is 32.2. The maximum Gasteiger partial charge on any atom is 0.265 e. The van der Waals surface area contributed by atoms with Crippen LogP contribution in [-0.2, 0) is 21.8 Å². The summed E-state index contributed by atoms with van der Waals surface area (Å²) in [4.78, 5) is 11.4. The molecule has 10 nitrogen and oxygen atoms in total. The third-order valence-corrected chi connectivity index (χ3v) is 6.91. The monoisotopic (exact) mass is 457 g/mol. The van der Waals surface area contributed by atoms with Gasteiger partial charge in [-0.1, -0.05) is 0 Å². The lowest BCUT2D eigenvalue weighted by Gasteiger charge is -2.28. The fraction of sp³-hybridized carbons (Fsp3) is 0.381. The van der Waals surface area contributed by atoms with E-state index in [0.29, 0.717) is 41.9 Å². The second kappa shape index (κ2) is 8.75. The molecule has 0 bridgehead atoms. The van der Waals surface area contributed by atoms with E-state index < -0.39 is 10.0 Å². The van der Waals surface area contributed by atoms with Gasteiger partial charge in [-0.3, -0.25) is 9.40 Å². The Morgan fingerprint density at radius 1 is 1.00 bits per heavy atom. The summed E-state index contributed by atoms with van der Waals surface area (Å²) in [6, 6.07) is 8.91. The van der Waals surface area contributed by atoms with Crippen LogP contribution in [0.15, 0.2) is 35.2 Å². The van der Waals surface area contributed by atoms with Gasteiger partial charge in [-0.25, -0.2) is 18.4 Å². The SMILES string of the molecule is Cc1nc(Nc2ccc(NS(=O)(=O)c3c(C)nn(C)c3C)cc2)cc(N2CCOCC2)n1. The van der Waals surface area contributed by atoms with E-state index in [1.165, 1.54) is 0 Å². The van der Waals surface area contributed by atoms with Gasteiger partial charge in [0.2, 0.25) is 0 Å². The van der Waals surface area contributed by atoms with Gasteiger partial charge >= 0.3 is 0 Å². The second-order valence-electron chi connectivity index (χ2n) is 7.69. The number of rotatable bonds is 6. The molecule has 3 aromatic rings. The molecule has 4 rings (SSSR count). The molecule has 1 fully saturated rings. The number of benzene rings is 1. The maximum atomic E-state index is 12.8. The number of nitrogens with zero attached hydrogens (tertiary/aromatic N) is 5. The molecular weight excluding hydrogens is 430 g/mol. The molecule has 1 saturated heterocycles. The van der Waals surface area contributed by atoms with Gasteiger partial charge in [0, 0.05) is 37.6 Å². The first-order valence-corrected chi connectivity index (χ1v) is 11.8. The normalized spacial score (nSPS) is 14.4. The number of aromatic nitrogens is 4. The van der Waals surface area contributed by atoms with Crippen molar-refractivity contribution >= 4 is 33.0 Å². The number of ether oxygens (including phenoxy) is 1. The van der Waals surface area contributed by atoms with Crippen LogP contribution in [0, 0.1) is 20.8 Å². The summed E-state index contributed by atoms with van der Waals surface area (Å²) in [6.07, 6.45) is 0. The third kappa shape index (κ3) is 4.68. The molecule has 0 radical (unpaired) electrons. The molecule has 2 N–H and O–H groups in total. The Bertz CT molecular complexity index is 1220. The largest absolute Gasteiger partial charge is 0.378 e. The summed E-state index contributed by atoms with van der Waals surface area (Å²) in [5.41, 5.74) is 2.30. The molecule has 2 aromatic heterocycles. The number of hydrogen-bond acceptors (Lipinski definition) is 8. The Morgan fingerprint density at radius 2 is 1.66 bits per heavy atom. The van der Waals surface area contributed by atoms with Crippen LogP contribution in [0.3, 0.4) is 0 Å². The fourth-order valence-corrected chi connectivity index (χ4v) is 5.19. The highest BCUT2D eigenvalue weighted by Gasteiger charge is 2.23. The number of aryl methyl sites for hydroxylation is 3. The lowest BCUT2D eigenvalue weighted by atomic mass is 10.3. The Labute approximate surface area is 187 Å². The van der Waals surface area contributed by atoms with Crippen LogP contribution in [-0.4, -0.2) is 54.5 Å². The van der Waals surface area contributed by atoms with E-state index in [1.807, 2.05) is 13.0 Å². The Hall–Kier alpha value is -3.18. The lowest BCUT2D eigenvalue weighted by Crippen LogP contribution is -2.36. The molecule has 0 saturated carbocycles. The molecule has 0 unspecified atom stereocenters. The van der Waals surface area contributed by atoms with Crippen LogP contribution < -0.4 is 14.9 Å². The molecule has 1 aliphatic heterocycles. The van der Waals surface area contributed by atoms with Crippen LogP contribution in [0.25, 0.3) is 0 Å². The molecule has 32 heavy (non-hydrogen) atoms.